The van der Waals surface area contributed by atoms with Gasteiger partial charge in [0, 0.05) is 23.2 Å². The normalized spacial score (nSPS) is 26.0. The van der Waals surface area contributed by atoms with Crippen LogP contribution in [-0.4, -0.2) is 50.6 Å². The maximum Gasteiger partial charge on any atom is 0.336 e. The molecule has 0 radical (unpaired) electrons. The van der Waals surface area contributed by atoms with Crippen molar-refractivity contribution in [1.82, 2.24) is 10.6 Å². The van der Waals surface area contributed by atoms with Crippen molar-refractivity contribution < 1.29 is 28.9 Å². The SMILES string of the molecule is CNCCC1(C(=O)O)C(C)NC(C)=C(C(=O)OC)C1c1cccc2c1OCO2. The number of ether oxygens (including phenoxy) is 3. The minimum atomic E-state index is -1.30. The summed E-state index contributed by atoms with van der Waals surface area (Å²) >= 11 is 0. The van der Waals surface area contributed by atoms with Gasteiger partial charge in [-0.25, -0.2) is 4.79 Å². The number of methoxy groups -OCH3 is 1. The number of carboxylic acids is 1. The Hall–Kier alpha value is -2.74. The molecule has 0 bridgehead atoms. The lowest BCUT2D eigenvalue weighted by atomic mass is 9.60. The van der Waals surface area contributed by atoms with E-state index in [1.54, 1.807) is 32.2 Å². The Labute approximate surface area is 163 Å². The number of hydrogen-bond acceptors (Lipinski definition) is 7. The van der Waals surface area contributed by atoms with Crippen LogP contribution in [0.3, 0.4) is 0 Å². The van der Waals surface area contributed by atoms with E-state index in [1.165, 1.54) is 7.11 Å². The summed E-state index contributed by atoms with van der Waals surface area (Å²) in [5, 5.41) is 16.6. The molecule has 0 amide bonds. The molecule has 1 aromatic rings. The highest BCUT2D eigenvalue weighted by atomic mass is 16.7. The second-order valence-electron chi connectivity index (χ2n) is 7.11. The van der Waals surface area contributed by atoms with Gasteiger partial charge in [0.15, 0.2) is 11.5 Å². The number of carboxylic acid groups (broad SMARTS) is 1. The lowest BCUT2D eigenvalue weighted by Crippen LogP contribution is -2.57. The van der Waals surface area contributed by atoms with E-state index in [2.05, 4.69) is 10.6 Å². The van der Waals surface area contributed by atoms with E-state index in [4.69, 9.17) is 14.2 Å². The van der Waals surface area contributed by atoms with E-state index < -0.39 is 29.3 Å². The standard InChI is InChI=1S/C20H26N2O6/c1-11-15(18(23)26-4)16(13-6-5-7-14-17(13)28-10-27-14)20(19(24)25,8-9-21-3)12(2)22-11/h5-7,12,16,21-22H,8-10H2,1-4H3,(H,24,25). The van der Waals surface area contributed by atoms with Crippen molar-refractivity contribution >= 4 is 11.9 Å². The van der Waals surface area contributed by atoms with E-state index in [9.17, 15) is 14.7 Å². The zero-order chi connectivity index (χ0) is 20.5. The molecule has 3 rings (SSSR count). The Bertz CT molecular complexity index is 821. The van der Waals surface area contributed by atoms with Crippen molar-refractivity contribution in [3.05, 3.63) is 35.0 Å². The van der Waals surface area contributed by atoms with Crippen LogP contribution in [0.15, 0.2) is 29.5 Å². The van der Waals surface area contributed by atoms with Gasteiger partial charge in [-0.15, -0.1) is 0 Å². The number of nitrogens with one attached hydrogen (secondary N) is 2. The van der Waals surface area contributed by atoms with E-state index in [0.717, 1.165) is 0 Å². The fourth-order valence-corrected chi connectivity index (χ4v) is 4.36. The molecule has 8 nitrogen and oxygen atoms in total. The van der Waals surface area contributed by atoms with Crippen LogP contribution in [0.4, 0.5) is 0 Å². The van der Waals surface area contributed by atoms with Crippen LogP contribution in [-0.2, 0) is 14.3 Å². The number of allylic oxidation sites excluding steroid dienone is 1. The van der Waals surface area contributed by atoms with Gasteiger partial charge in [0.2, 0.25) is 6.79 Å². The first-order chi connectivity index (χ1) is 13.4. The molecular weight excluding hydrogens is 364 g/mol. The van der Waals surface area contributed by atoms with Crippen LogP contribution in [0, 0.1) is 5.41 Å². The van der Waals surface area contributed by atoms with E-state index in [0.29, 0.717) is 41.3 Å². The van der Waals surface area contributed by atoms with E-state index in [1.807, 2.05) is 6.92 Å². The smallest absolute Gasteiger partial charge is 0.336 e. The number of esters is 1. The van der Waals surface area contributed by atoms with Crippen molar-refractivity contribution in [1.29, 1.82) is 0 Å². The van der Waals surface area contributed by atoms with Gasteiger partial charge in [0.25, 0.3) is 0 Å². The highest BCUT2D eigenvalue weighted by molar-refractivity contribution is 5.94. The molecule has 3 N–H and O–H groups in total. The largest absolute Gasteiger partial charge is 0.481 e. The fourth-order valence-electron chi connectivity index (χ4n) is 4.36. The number of carbonyl (C=O) groups excluding carboxylic acids is 1. The predicted octanol–water partition coefficient (Wildman–Crippen LogP) is 1.62. The molecule has 28 heavy (non-hydrogen) atoms. The monoisotopic (exact) mass is 390 g/mol. The molecule has 152 valence electrons. The Morgan fingerprint density at radius 2 is 2.14 bits per heavy atom. The van der Waals surface area contributed by atoms with Crippen LogP contribution in [0.25, 0.3) is 0 Å². The lowest BCUT2D eigenvalue weighted by molar-refractivity contribution is -0.153. The van der Waals surface area contributed by atoms with Gasteiger partial charge in [-0.3, -0.25) is 4.79 Å². The molecule has 0 saturated heterocycles. The third-order valence-electron chi connectivity index (χ3n) is 5.74. The molecule has 2 aliphatic heterocycles. The number of rotatable bonds is 6. The first-order valence-corrected chi connectivity index (χ1v) is 9.20. The second-order valence-corrected chi connectivity index (χ2v) is 7.11. The van der Waals surface area contributed by atoms with Gasteiger partial charge < -0.3 is 30.0 Å². The number of aliphatic carboxylic acids is 1. The number of para-hydroxylation sites is 1. The fraction of sp³-hybridized carbons (Fsp3) is 0.500. The third kappa shape index (κ3) is 2.97. The van der Waals surface area contributed by atoms with Gasteiger partial charge >= 0.3 is 11.9 Å². The van der Waals surface area contributed by atoms with Gasteiger partial charge in [0.1, 0.15) is 5.41 Å². The summed E-state index contributed by atoms with van der Waals surface area (Å²) in [5.74, 6) is -1.30. The quantitative estimate of drug-likeness (QED) is 0.629. The van der Waals surface area contributed by atoms with Crippen molar-refractivity contribution in [2.75, 3.05) is 27.5 Å². The van der Waals surface area contributed by atoms with Crippen molar-refractivity contribution in [3.8, 4) is 11.5 Å². The molecule has 0 aliphatic carbocycles. The van der Waals surface area contributed by atoms with E-state index >= 15 is 0 Å². The molecule has 0 spiro atoms. The second kappa shape index (κ2) is 7.71. The van der Waals surface area contributed by atoms with Crippen LogP contribution < -0.4 is 20.1 Å². The van der Waals surface area contributed by atoms with Gasteiger partial charge in [-0.05, 0) is 39.9 Å². The van der Waals surface area contributed by atoms with E-state index in [-0.39, 0.29) is 6.79 Å². The summed E-state index contributed by atoms with van der Waals surface area (Å²) in [6.07, 6.45) is 0.302. The average molecular weight is 390 g/mol. The number of benzene rings is 1. The molecule has 3 atom stereocenters. The van der Waals surface area contributed by atoms with Gasteiger partial charge in [-0.2, -0.15) is 0 Å². The summed E-state index contributed by atoms with van der Waals surface area (Å²) in [5.41, 5.74) is 0.208. The third-order valence-corrected chi connectivity index (χ3v) is 5.74. The Morgan fingerprint density at radius 3 is 2.79 bits per heavy atom. The number of fused-ring (bicyclic) bond motifs is 1. The summed E-state index contributed by atoms with van der Waals surface area (Å²) in [4.78, 5) is 25.5. The lowest BCUT2D eigenvalue weighted by Gasteiger charge is -2.47. The molecule has 1 aromatic carbocycles. The van der Waals surface area contributed by atoms with Crippen LogP contribution in [0.2, 0.25) is 0 Å². The summed E-state index contributed by atoms with van der Waals surface area (Å²) in [6.45, 7) is 4.11. The highest BCUT2D eigenvalue weighted by Crippen LogP contribution is 2.54. The minimum Gasteiger partial charge on any atom is -0.481 e. The topological polar surface area (TPSA) is 106 Å². The first kappa shape index (κ1) is 20.0. The molecule has 8 heteroatoms. The molecule has 2 heterocycles. The first-order valence-electron chi connectivity index (χ1n) is 9.20. The van der Waals surface area contributed by atoms with Gasteiger partial charge in [-0.1, -0.05) is 12.1 Å². The molecule has 0 aromatic heterocycles. The number of hydrogen-bond donors (Lipinski definition) is 3. The molecule has 2 aliphatic rings. The van der Waals surface area contributed by atoms with Crippen molar-refractivity contribution in [3.63, 3.8) is 0 Å². The van der Waals surface area contributed by atoms with Crippen LogP contribution >= 0.6 is 0 Å². The molecular formula is C20H26N2O6. The molecule has 0 saturated carbocycles. The summed E-state index contributed by atoms with van der Waals surface area (Å²) in [7, 11) is 3.06. The Kier molecular flexibility index (Phi) is 5.51. The van der Waals surface area contributed by atoms with Crippen LogP contribution in [0.1, 0.15) is 31.7 Å². The average Bonchev–Trinajstić information content (AvgIpc) is 3.15. The zero-order valence-electron chi connectivity index (χ0n) is 16.5. The van der Waals surface area contributed by atoms with Crippen molar-refractivity contribution in [2.24, 2.45) is 5.41 Å². The number of carbonyl (C=O) groups is 2. The minimum absolute atomic E-state index is 0.0553. The predicted molar refractivity (Wildman–Crippen MR) is 101 cm³/mol. The maximum absolute atomic E-state index is 12.8. The maximum atomic E-state index is 12.8. The van der Waals surface area contributed by atoms with Crippen LogP contribution in [0.5, 0.6) is 11.5 Å². The Morgan fingerprint density at radius 1 is 1.39 bits per heavy atom. The summed E-state index contributed by atoms with van der Waals surface area (Å²) in [6, 6.07) is 4.91. The molecule has 0 fully saturated rings. The Balaban J connectivity index is 2.31. The zero-order valence-corrected chi connectivity index (χ0v) is 16.5. The van der Waals surface area contributed by atoms with Crippen molar-refractivity contribution in [2.45, 2.75) is 32.2 Å². The summed E-state index contributed by atoms with van der Waals surface area (Å²) < 4.78 is 16.2. The highest BCUT2D eigenvalue weighted by Gasteiger charge is 2.57. The molecule has 3 unspecified atom stereocenters. The van der Waals surface area contributed by atoms with Gasteiger partial charge in [0.05, 0.1) is 12.7 Å².